The number of nitrogens with zero attached hydrogens (tertiary/aromatic N) is 2. The molecule has 7 nitrogen and oxygen atoms in total. The largest absolute Gasteiger partial charge is 0.326 e. The molecule has 2 aromatic rings. The highest BCUT2D eigenvalue weighted by molar-refractivity contribution is 6.03. The molecule has 1 saturated heterocycles. The number of amides is 2. The van der Waals surface area contributed by atoms with Gasteiger partial charge in [-0.15, -0.1) is 0 Å². The first-order chi connectivity index (χ1) is 13.3. The summed E-state index contributed by atoms with van der Waals surface area (Å²) < 4.78 is 13.4. The average molecular weight is 385 g/mol. The molecule has 0 radical (unpaired) electrons. The van der Waals surface area contributed by atoms with E-state index in [1.165, 1.54) is 6.07 Å². The zero-order valence-corrected chi connectivity index (χ0v) is 15.5. The summed E-state index contributed by atoms with van der Waals surface area (Å²) in [7, 11) is 0. The average Bonchev–Trinajstić information content (AvgIpc) is 3.05. The van der Waals surface area contributed by atoms with Gasteiger partial charge in [0.05, 0.1) is 10.8 Å². The molecule has 0 aliphatic carbocycles. The van der Waals surface area contributed by atoms with Gasteiger partial charge in [-0.2, -0.15) is 4.39 Å². The number of carbonyl (C=O) groups excluding carboxylic acids is 2. The molecule has 1 atom stereocenters. The molecule has 28 heavy (non-hydrogen) atoms. The maximum atomic E-state index is 13.4. The van der Waals surface area contributed by atoms with Gasteiger partial charge in [-0.3, -0.25) is 19.7 Å². The Bertz CT molecular complexity index is 945. The molecule has 0 bridgehead atoms. The van der Waals surface area contributed by atoms with Crippen LogP contribution in [0.25, 0.3) is 0 Å². The summed E-state index contributed by atoms with van der Waals surface area (Å²) in [5.74, 6) is -1.86. The number of nitro benzene ring substituents is 1. The first kappa shape index (κ1) is 19.5. The van der Waals surface area contributed by atoms with Crippen molar-refractivity contribution in [2.45, 2.75) is 26.2 Å². The normalized spacial score (nSPS) is 16.5. The highest BCUT2D eigenvalue weighted by Crippen LogP contribution is 2.29. The maximum absolute atomic E-state index is 13.4. The summed E-state index contributed by atoms with van der Waals surface area (Å²) >= 11 is 0. The van der Waals surface area contributed by atoms with Crippen LogP contribution in [0.2, 0.25) is 0 Å². The summed E-state index contributed by atoms with van der Waals surface area (Å²) in [4.78, 5) is 36.5. The number of hydrogen-bond acceptors (Lipinski definition) is 4. The molecule has 1 unspecified atom stereocenters. The molecule has 1 fully saturated rings. The topological polar surface area (TPSA) is 92.6 Å². The van der Waals surface area contributed by atoms with Gasteiger partial charge in [0.15, 0.2) is 0 Å². The number of nitro groups is 1. The summed E-state index contributed by atoms with van der Waals surface area (Å²) in [6.07, 6.45) is 0.0427. The van der Waals surface area contributed by atoms with E-state index in [1.54, 1.807) is 4.90 Å². The van der Waals surface area contributed by atoms with E-state index >= 15 is 0 Å². The lowest BCUT2D eigenvalue weighted by molar-refractivity contribution is -0.387. The Labute approximate surface area is 161 Å². The van der Waals surface area contributed by atoms with Gasteiger partial charge in [0.25, 0.3) is 0 Å². The highest BCUT2D eigenvalue weighted by atomic mass is 19.1. The molecule has 8 heteroatoms. The number of benzene rings is 2. The van der Waals surface area contributed by atoms with Crippen molar-refractivity contribution in [3.8, 4) is 0 Å². The summed E-state index contributed by atoms with van der Waals surface area (Å²) in [5.41, 5.74) is 1.24. The van der Waals surface area contributed by atoms with Crippen LogP contribution < -0.4 is 10.2 Å². The standard InChI is InChI=1S/C20H20FN3O4/c1-12(2)13-4-3-5-16(8-13)23-11-14(9-19(23)25)20(26)22-15-6-7-17(21)18(10-15)24(27)28/h3-8,10,12,14H,9,11H2,1-2H3,(H,22,26). The summed E-state index contributed by atoms with van der Waals surface area (Å²) in [6, 6.07) is 10.8. The zero-order chi connectivity index (χ0) is 20.4. The van der Waals surface area contributed by atoms with E-state index in [2.05, 4.69) is 19.2 Å². The van der Waals surface area contributed by atoms with Crippen LogP contribution in [0.1, 0.15) is 31.7 Å². The van der Waals surface area contributed by atoms with Crippen LogP contribution in [0.15, 0.2) is 42.5 Å². The van der Waals surface area contributed by atoms with Crippen LogP contribution in [-0.4, -0.2) is 23.3 Å². The van der Waals surface area contributed by atoms with Crippen LogP contribution in [0.4, 0.5) is 21.5 Å². The van der Waals surface area contributed by atoms with E-state index in [0.717, 1.165) is 23.4 Å². The number of hydrogen-bond donors (Lipinski definition) is 1. The van der Waals surface area contributed by atoms with Crippen LogP contribution in [-0.2, 0) is 9.59 Å². The Kier molecular flexibility index (Phi) is 5.39. The van der Waals surface area contributed by atoms with E-state index in [9.17, 15) is 24.1 Å². The van der Waals surface area contributed by atoms with Crippen molar-refractivity contribution in [1.29, 1.82) is 0 Å². The lowest BCUT2D eigenvalue weighted by Crippen LogP contribution is -2.28. The summed E-state index contributed by atoms with van der Waals surface area (Å²) in [6.45, 7) is 4.33. The first-order valence-electron chi connectivity index (χ1n) is 8.91. The minimum atomic E-state index is -0.977. The predicted molar refractivity (Wildman–Crippen MR) is 103 cm³/mol. The monoisotopic (exact) mass is 385 g/mol. The molecular formula is C20H20FN3O4. The van der Waals surface area contributed by atoms with Gasteiger partial charge in [0, 0.05) is 30.4 Å². The molecule has 0 aromatic heterocycles. The molecule has 1 aliphatic rings. The van der Waals surface area contributed by atoms with Crippen LogP contribution in [0, 0.1) is 21.8 Å². The van der Waals surface area contributed by atoms with Gasteiger partial charge >= 0.3 is 5.69 Å². The van der Waals surface area contributed by atoms with Crippen molar-refractivity contribution in [3.05, 3.63) is 64.0 Å². The Hall–Kier alpha value is -3.29. The zero-order valence-electron chi connectivity index (χ0n) is 15.5. The fourth-order valence-electron chi connectivity index (χ4n) is 3.16. The Morgan fingerprint density at radius 3 is 2.71 bits per heavy atom. The van der Waals surface area contributed by atoms with Crippen molar-refractivity contribution in [2.24, 2.45) is 5.92 Å². The summed E-state index contributed by atoms with van der Waals surface area (Å²) in [5, 5.41) is 13.4. The smallest absolute Gasteiger partial charge is 0.306 e. The molecule has 0 saturated carbocycles. The SMILES string of the molecule is CC(C)c1cccc(N2CC(C(=O)Nc3ccc(F)c([N+](=O)[O-])c3)CC2=O)c1. The maximum Gasteiger partial charge on any atom is 0.306 e. The van der Waals surface area contributed by atoms with E-state index in [4.69, 9.17) is 0 Å². The fraction of sp³-hybridized carbons (Fsp3) is 0.300. The highest BCUT2D eigenvalue weighted by Gasteiger charge is 2.35. The van der Waals surface area contributed by atoms with Crippen molar-refractivity contribution in [1.82, 2.24) is 0 Å². The van der Waals surface area contributed by atoms with Crippen molar-refractivity contribution >= 4 is 28.9 Å². The van der Waals surface area contributed by atoms with Crippen molar-refractivity contribution < 1.29 is 18.9 Å². The second-order valence-corrected chi connectivity index (χ2v) is 7.07. The molecule has 146 valence electrons. The number of rotatable bonds is 5. The van der Waals surface area contributed by atoms with E-state index in [-0.39, 0.29) is 24.6 Å². The van der Waals surface area contributed by atoms with Gasteiger partial charge in [-0.05, 0) is 35.7 Å². The van der Waals surface area contributed by atoms with E-state index in [0.29, 0.717) is 5.92 Å². The Morgan fingerprint density at radius 1 is 1.29 bits per heavy atom. The number of anilines is 2. The molecule has 1 heterocycles. The molecule has 2 amide bonds. The second kappa shape index (κ2) is 7.75. The Morgan fingerprint density at radius 2 is 2.04 bits per heavy atom. The minimum absolute atomic E-state index is 0.0427. The molecule has 1 aliphatic heterocycles. The first-order valence-corrected chi connectivity index (χ1v) is 8.91. The number of halogens is 1. The lowest BCUT2D eigenvalue weighted by Gasteiger charge is -2.18. The van der Waals surface area contributed by atoms with Crippen molar-refractivity contribution in [3.63, 3.8) is 0 Å². The molecule has 3 rings (SSSR count). The number of nitrogens with one attached hydrogen (secondary N) is 1. The molecule has 0 spiro atoms. The van der Waals surface area contributed by atoms with Crippen LogP contribution >= 0.6 is 0 Å². The third-order valence-electron chi connectivity index (χ3n) is 4.75. The third-order valence-corrected chi connectivity index (χ3v) is 4.75. The van der Waals surface area contributed by atoms with Crippen LogP contribution in [0.5, 0.6) is 0 Å². The predicted octanol–water partition coefficient (Wildman–Crippen LogP) is 3.85. The third kappa shape index (κ3) is 4.00. The second-order valence-electron chi connectivity index (χ2n) is 7.07. The van der Waals surface area contributed by atoms with Crippen molar-refractivity contribution in [2.75, 3.05) is 16.8 Å². The molecule has 2 aromatic carbocycles. The van der Waals surface area contributed by atoms with Gasteiger partial charge in [0.2, 0.25) is 17.6 Å². The minimum Gasteiger partial charge on any atom is -0.326 e. The van der Waals surface area contributed by atoms with Gasteiger partial charge in [0.1, 0.15) is 0 Å². The molecular weight excluding hydrogens is 365 g/mol. The van der Waals surface area contributed by atoms with Gasteiger partial charge in [-0.25, -0.2) is 0 Å². The Balaban J connectivity index is 1.73. The van der Waals surface area contributed by atoms with E-state index < -0.39 is 28.3 Å². The lowest BCUT2D eigenvalue weighted by atomic mass is 10.0. The van der Waals surface area contributed by atoms with Crippen LogP contribution in [0.3, 0.4) is 0 Å². The van der Waals surface area contributed by atoms with Gasteiger partial charge in [-0.1, -0.05) is 26.0 Å². The fourth-order valence-corrected chi connectivity index (χ4v) is 3.16. The van der Waals surface area contributed by atoms with Gasteiger partial charge < -0.3 is 10.2 Å². The number of carbonyl (C=O) groups is 2. The van der Waals surface area contributed by atoms with E-state index in [1.807, 2.05) is 24.3 Å². The molecule has 1 N–H and O–H groups in total. The quantitative estimate of drug-likeness (QED) is 0.625.